The van der Waals surface area contributed by atoms with Crippen molar-refractivity contribution in [2.75, 3.05) is 18.5 Å². The Morgan fingerprint density at radius 3 is 2.74 bits per heavy atom. The van der Waals surface area contributed by atoms with Crippen LogP contribution in [0.3, 0.4) is 0 Å². The van der Waals surface area contributed by atoms with Gasteiger partial charge in [0.25, 0.3) is 0 Å². The van der Waals surface area contributed by atoms with E-state index < -0.39 is 0 Å². The molecular weight excluding hydrogens is 241 g/mol. The van der Waals surface area contributed by atoms with Crippen molar-refractivity contribution < 1.29 is 4.39 Å². The quantitative estimate of drug-likeness (QED) is 0.783. The number of hydrogen-bond donors (Lipinski definition) is 1. The molecule has 0 bridgehead atoms. The fourth-order valence-electron chi connectivity index (χ4n) is 2.08. The molecule has 1 heterocycles. The van der Waals surface area contributed by atoms with Gasteiger partial charge in [0.05, 0.1) is 0 Å². The van der Waals surface area contributed by atoms with Gasteiger partial charge in [-0.1, -0.05) is 20.3 Å². The molecule has 1 aromatic rings. The Bertz CT molecular complexity index is 382. The van der Waals surface area contributed by atoms with Gasteiger partial charge in [0.1, 0.15) is 0 Å². The molecule has 0 aliphatic carbocycles. The summed E-state index contributed by atoms with van der Waals surface area (Å²) in [5, 5.41) is 2.99. The minimum atomic E-state index is -0.187. The van der Waals surface area contributed by atoms with E-state index in [4.69, 9.17) is 0 Å². The minimum Gasteiger partial charge on any atom is -0.351 e. The van der Waals surface area contributed by atoms with Crippen LogP contribution in [0.4, 0.5) is 10.2 Å². The van der Waals surface area contributed by atoms with Crippen LogP contribution < -0.4 is 10.2 Å². The SMILES string of the molecule is CCCCN(c1nccc(CNC)c1F)C(C)CC. The van der Waals surface area contributed by atoms with Gasteiger partial charge in [-0.25, -0.2) is 9.37 Å². The Morgan fingerprint density at radius 2 is 2.16 bits per heavy atom. The zero-order chi connectivity index (χ0) is 14.3. The molecule has 1 rings (SSSR count). The molecule has 0 fully saturated rings. The van der Waals surface area contributed by atoms with E-state index in [1.807, 2.05) is 7.05 Å². The van der Waals surface area contributed by atoms with Crippen LogP contribution in [0.5, 0.6) is 0 Å². The largest absolute Gasteiger partial charge is 0.351 e. The molecule has 1 aromatic heterocycles. The van der Waals surface area contributed by atoms with E-state index in [0.717, 1.165) is 25.8 Å². The molecule has 3 nitrogen and oxygen atoms in total. The third-order valence-corrected chi connectivity index (χ3v) is 3.47. The molecule has 0 aromatic carbocycles. The second kappa shape index (κ2) is 8.10. The molecule has 0 radical (unpaired) electrons. The number of pyridine rings is 1. The summed E-state index contributed by atoms with van der Waals surface area (Å²) in [6.45, 7) is 7.79. The lowest BCUT2D eigenvalue weighted by atomic mass is 10.1. The number of nitrogens with zero attached hydrogens (tertiary/aromatic N) is 2. The van der Waals surface area contributed by atoms with Crippen LogP contribution in [-0.4, -0.2) is 24.6 Å². The Morgan fingerprint density at radius 1 is 1.42 bits per heavy atom. The van der Waals surface area contributed by atoms with Crippen molar-refractivity contribution in [3.8, 4) is 0 Å². The number of anilines is 1. The summed E-state index contributed by atoms with van der Waals surface area (Å²) in [7, 11) is 1.82. The highest BCUT2D eigenvalue weighted by Crippen LogP contribution is 2.23. The zero-order valence-electron chi connectivity index (χ0n) is 12.5. The van der Waals surface area contributed by atoms with Crippen LogP contribution in [0.1, 0.15) is 45.6 Å². The normalized spacial score (nSPS) is 12.5. The maximum Gasteiger partial charge on any atom is 0.170 e. The summed E-state index contributed by atoms with van der Waals surface area (Å²) < 4.78 is 14.5. The highest BCUT2D eigenvalue weighted by Gasteiger charge is 2.19. The fraction of sp³-hybridized carbons (Fsp3) is 0.667. The van der Waals surface area contributed by atoms with Gasteiger partial charge in [0, 0.05) is 30.9 Å². The van der Waals surface area contributed by atoms with E-state index in [0.29, 0.717) is 24.0 Å². The average molecular weight is 267 g/mol. The topological polar surface area (TPSA) is 28.2 Å². The first kappa shape index (κ1) is 15.9. The smallest absolute Gasteiger partial charge is 0.170 e. The van der Waals surface area contributed by atoms with E-state index in [-0.39, 0.29) is 5.82 Å². The number of rotatable bonds is 8. The summed E-state index contributed by atoms with van der Waals surface area (Å²) >= 11 is 0. The molecule has 1 unspecified atom stereocenters. The van der Waals surface area contributed by atoms with E-state index in [9.17, 15) is 4.39 Å². The molecule has 0 saturated heterocycles. The van der Waals surface area contributed by atoms with Gasteiger partial charge in [-0.2, -0.15) is 0 Å². The van der Waals surface area contributed by atoms with E-state index in [2.05, 4.69) is 36.0 Å². The van der Waals surface area contributed by atoms with Crippen molar-refractivity contribution in [1.82, 2.24) is 10.3 Å². The first-order valence-electron chi connectivity index (χ1n) is 7.20. The number of aromatic nitrogens is 1. The first-order chi connectivity index (χ1) is 9.15. The summed E-state index contributed by atoms with van der Waals surface area (Å²) in [5.41, 5.74) is 0.678. The predicted octanol–water partition coefficient (Wildman–Crippen LogP) is 3.35. The number of hydrogen-bond acceptors (Lipinski definition) is 3. The van der Waals surface area contributed by atoms with Crippen molar-refractivity contribution in [2.24, 2.45) is 0 Å². The van der Waals surface area contributed by atoms with Gasteiger partial charge in [-0.05, 0) is 32.9 Å². The summed E-state index contributed by atoms with van der Waals surface area (Å²) in [6, 6.07) is 2.04. The molecular formula is C15H26FN3. The molecule has 1 N–H and O–H groups in total. The van der Waals surface area contributed by atoms with Gasteiger partial charge in [-0.15, -0.1) is 0 Å². The van der Waals surface area contributed by atoms with Crippen LogP contribution in [0.25, 0.3) is 0 Å². The second-order valence-corrected chi connectivity index (χ2v) is 4.94. The Balaban J connectivity index is 3.03. The van der Waals surface area contributed by atoms with Crippen molar-refractivity contribution in [3.05, 3.63) is 23.6 Å². The van der Waals surface area contributed by atoms with Crippen molar-refractivity contribution in [2.45, 2.75) is 52.6 Å². The molecule has 0 amide bonds. The van der Waals surface area contributed by atoms with E-state index in [1.54, 1.807) is 12.3 Å². The Kier molecular flexibility index (Phi) is 6.78. The van der Waals surface area contributed by atoms with Gasteiger partial charge < -0.3 is 10.2 Å². The Hall–Kier alpha value is -1.16. The molecule has 0 aliphatic heterocycles. The first-order valence-corrected chi connectivity index (χ1v) is 7.20. The Labute approximate surface area is 116 Å². The van der Waals surface area contributed by atoms with E-state index in [1.165, 1.54) is 0 Å². The highest BCUT2D eigenvalue weighted by atomic mass is 19.1. The lowest BCUT2D eigenvalue weighted by Gasteiger charge is -2.30. The van der Waals surface area contributed by atoms with Crippen LogP contribution in [-0.2, 0) is 6.54 Å². The molecule has 1 atom stereocenters. The number of halogens is 1. The zero-order valence-corrected chi connectivity index (χ0v) is 12.5. The van der Waals surface area contributed by atoms with Crippen molar-refractivity contribution in [1.29, 1.82) is 0 Å². The molecule has 19 heavy (non-hydrogen) atoms. The molecule has 0 spiro atoms. The molecule has 4 heteroatoms. The summed E-state index contributed by atoms with van der Waals surface area (Å²) in [4.78, 5) is 6.36. The van der Waals surface area contributed by atoms with E-state index >= 15 is 0 Å². The molecule has 0 aliphatic rings. The maximum atomic E-state index is 14.5. The van der Waals surface area contributed by atoms with Crippen LogP contribution >= 0.6 is 0 Å². The third-order valence-electron chi connectivity index (χ3n) is 3.47. The monoisotopic (exact) mass is 267 g/mol. The fourth-order valence-corrected chi connectivity index (χ4v) is 2.08. The third kappa shape index (κ3) is 4.16. The van der Waals surface area contributed by atoms with Crippen molar-refractivity contribution in [3.63, 3.8) is 0 Å². The molecule has 0 saturated carbocycles. The highest BCUT2D eigenvalue weighted by molar-refractivity contribution is 5.44. The maximum absolute atomic E-state index is 14.5. The lowest BCUT2D eigenvalue weighted by Crippen LogP contribution is -2.35. The summed E-state index contributed by atoms with van der Waals surface area (Å²) in [6.07, 6.45) is 4.85. The number of nitrogens with one attached hydrogen (secondary N) is 1. The lowest BCUT2D eigenvalue weighted by molar-refractivity contribution is 0.546. The van der Waals surface area contributed by atoms with Crippen LogP contribution in [0, 0.1) is 5.82 Å². The number of unbranched alkanes of at least 4 members (excludes halogenated alkanes) is 1. The summed E-state index contributed by atoms with van der Waals surface area (Å²) in [5.74, 6) is 0.309. The standard InChI is InChI=1S/C15H26FN3/c1-5-7-10-19(12(3)6-2)15-14(16)13(11-17-4)8-9-18-15/h8-9,12,17H,5-7,10-11H2,1-4H3. The minimum absolute atomic E-state index is 0.187. The predicted molar refractivity (Wildman–Crippen MR) is 79.0 cm³/mol. The molecule has 108 valence electrons. The van der Waals surface area contributed by atoms with Gasteiger partial charge in [-0.3, -0.25) is 0 Å². The van der Waals surface area contributed by atoms with Gasteiger partial charge in [0.2, 0.25) is 0 Å². The van der Waals surface area contributed by atoms with Gasteiger partial charge >= 0.3 is 0 Å². The van der Waals surface area contributed by atoms with Gasteiger partial charge in [0.15, 0.2) is 11.6 Å². The average Bonchev–Trinajstić information content (AvgIpc) is 2.42. The van der Waals surface area contributed by atoms with Crippen LogP contribution in [0.15, 0.2) is 12.3 Å². The second-order valence-electron chi connectivity index (χ2n) is 4.94. The van der Waals surface area contributed by atoms with Crippen LogP contribution in [0.2, 0.25) is 0 Å². The van der Waals surface area contributed by atoms with Crippen molar-refractivity contribution >= 4 is 5.82 Å².